The first-order valence-electron chi connectivity index (χ1n) is 4.11. The van der Waals surface area contributed by atoms with Crippen LogP contribution >= 0.6 is 11.8 Å². The van der Waals surface area contributed by atoms with Crippen LogP contribution in [0.15, 0.2) is 23.3 Å². The highest BCUT2D eigenvalue weighted by Crippen LogP contribution is 2.14. The van der Waals surface area contributed by atoms with E-state index in [0.717, 1.165) is 22.8 Å². The van der Waals surface area contributed by atoms with Crippen LogP contribution in [0, 0.1) is 0 Å². The van der Waals surface area contributed by atoms with Crippen molar-refractivity contribution < 1.29 is 5.11 Å². The lowest BCUT2D eigenvalue weighted by Crippen LogP contribution is -2.12. The van der Waals surface area contributed by atoms with Crippen molar-refractivity contribution in [3.8, 4) is 0 Å². The average molecular weight is 187 g/mol. The van der Waals surface area contributed by atoms with E-state index >= 15 is 0 Å². The summed E-state index contributed by atoms with van der Waals surface area (Å²) in [5.41, 5.74) is 1.08. The number of aliphatic hydroxyl groups excluding tert-OH is 1. The number of hydrogen-bond donors (Lipinski definition) is 2. The Kier molecular flexibility index (Phi) is 7.00. The molecule has 0 fully saturated rings. The van der Waals surface area contributed by atoms with Gasteiger partial charge in [0.25, 0.3) is 0 Å². The minimum atomic E-state index is -0.0180. The first-order chi connectivity index (χ1) is 5.74. The smallest absolute Gasteiger partial charge is 0.113 e. The van der Waals surface area contributed by atoms with E-state index < -0.39 is 0 Å². The standard InChI is InChI=1S/C9H17NOS/c1-4-8(3)6-9(10-7-11)12-5-2/h6,10-11H,3-5,7H2,1-2H3/b9-6+. The zero-order valence-electron chi connectivity index (χ0n) is 7.76. The highest BCUT2D eigenvalue weighted by molar-refractivity contribution is 8.02. The molecule has 0 rings (SSSR count). The first-order valence-corrected chi connectivity index (χ1v) is 5.10. The maximum absolute atomic E-state index is 8.65. The van der Waals surface area contributed by atoms with E-state index in [9.17, 15) is 0 Å². The molecule has 12 heavy (non-hydrogen) atoms. The van der Waals surface area contributed by atoms with Crippen molar-refractivity contribution in [2.75, 3.05) is 12.5 Å². The summed E-state index contributed by atoms with van der Waals surface area (Å²) in [7, 11) is 0. The zero-order chi connectivity index (χ0) is 9.40. The molecule has 0 unspecified atom stereocenters. The van der Waals surface area contributed by atoms with Crippen molar-refractivity contribution in [2.45, 2.75) is 20.3 Å². The third-order valence-corrected chi connectivity index (χ3v) is 2.20. The quantitative estimate of drug-likeness (QED) is 0.493. The van der Waals surface area contributed by atoms with Gasteiger partial charge in [-0.3, -0.25) is 0 Å². The molecule has 0 aromatic rings. The molecule has 0 amide bonds. The van der Waals surface area contributed by atoms with Gasteiger partial charge in [-0.2, -0.15) is 0 Å². The molecule has 2 N–H and O–H groups in total. The minimum absolute atomic E-state index is 0.0180. The molecule has 70 valence electrons. The summed E-state index contributed by atoms with van der Waals surface area (Å²) >= 11 is 1.67. The summed E-state index contributed by atoms with van der Waals surface area (Å²) in [6.45, 7) is 7.99. The van der Waals surface area contributed by atoms with Crippen LogP contribution in [0.4, 0.5) is 0 Å². The van der Waals surface area contributed by atoms with Crippen molar-refractivity contribution in [3.63, 3.8) is 0 Å². The van der Waals surface area contributed by atoms with Crippen LogP contribution in [0.3, 0.4) is 0 Å². The van der Waals surface area contributed by atoms with Crippen molar-refractivity contribution in [2.24, 2.45) is 0 Å². The molecule has 0 bridgehead atoms. The second-order valence-corrected chi connectivity index (χ2v) is 3.59. The number of hydrogen-bond acceptors (Lipinski definition) is 3. The normalized spacial score (nSPS) is 11.4. The number of aliphatic hydroxyl groups is 1. The number of thioether (sulfide) groups is 1. The molecule has 3 heteroatoms. The summed E-state index contributed by atoms with van der Waals surface area (Å²) in [6.07, 6.45) is 2.92. The second kappa shape index (κ2) is 7.25. The van der Waals surface area contributed by atoms with Gasteiger partial charge >= 0.3 is 0 Å². The van der Waals surface area contributed by atoms with Crippen LogP contribution in [0.25, 0.3) is 0 Å². The van der Waals surface area contributed by atoms with E-state index in [1.54, 1.807) is 11.8 Å². The Bertz CT molecular complexity index is 158. The molecule has 0 aliphatic rings. The Morgan fingerprint density at radius 2 is 2.25 bits per heavy atom. The van der Waals surface area contributed by atoms with Crippen LogP contribution in [0.2, 0.25) is 0 Å². The van der Waals surface area contributed by atoms with Gasteiger partial charge in [0.15, 0.2) is 0 Å². The van der Waals surface area contributed by atoms with Crippen LogP contribution in [0.1, 0.15) is 20.3 Å². The number of rotatable bonds is 6. The Morgan fingerprint density at radius 1 is 1.58 bits per heavy atom. The fraction of sp³-hybridized carbons (Fsp3) is 0.556. The molecule has 0 aliphatic heterocycles. The maximum atomic E-state index is 8.65. The molecule has 2 nitrogen and oxygen atoms in total. The van der Waals surface area contributed by atoms with Crippen molar-refractivity contribution in [3.05, 3.63) is 23.3 Å². The molecule has 0 atom stereocenters. The van der Waals surface area contributed by atoms with Crippen LogP contribution in [-0.2, 0) is 0 Å². The summed E-state index contributed by atoms with van der Waals surface area (Å²) in [5, 5.41) is 12.5. The molecule has 0 radical (unpaired) electrons. The van der Waals surface area contributed by atoms with Crippen LogP contribution in [-0.4, -0.2) is 17.6 Å². The van der Waals surface area contributed by atoms with Gasteiger partial charge in [-0.25, -0.2) is 0 Å². The number of allylic oxidation sites excluding steroid dienone is 2. The largest absolute Gasteiger partial charge is 0.377 e. The van der Waals surface area contributed by atoms with Gasteiger partial charge < -0.3 is 10.4 Å². The Balaban J connectivity index is 4.06. The van der Waals surface area contributed by atoms with Gasteiger partial charge in [-0.15, -0.1) is 11.8 Å². The van der Waals surface area contributed by atoms with Crippen LogP contribution < -0.4 is 5.32 Å². The fourth-order valence-corrected chi connectivity index (χ4v) is 1.39. The first kappa shape index (κ1) is 11.6. The highest BCUT2D eigenvalue weighted by Gasteiger charge is 1.94. The third-order valence-electron chi connectivity index (χ3n) is 1.34. The van der Waals surface area contributed by atoms with Crippen molar-refractivity contribution in [1.29, 1.82) is 0 Å². The van der Waals surface area contributed by atoms with Gasteiger partial charge in [0.05, 0.1) is 5.03 Å². The molecule has 0 spiro atoms. The Labute approximate surface area is 78.7 Å². The third kappa shape index (κ3) is 5.27. The summed E-state index contributed by atoms with van der Waals surface area (Å²) in [6, 6.07) is 0. The zero-order valence-corrected chi connectivity index (χ0v) is 8.58. The van der Waals surface area contributed by atoms with Gasteiger partial charge in [-0.1, -0.05) is 26.0 Å². The van der Waals surface area contributed by atoms with E-state index in [1.165, 1.54) is 0 Å². The van der Waals surface area contributed by atoms with E-state index in [-0.39, 0.29) is 6.73 Å². The Morgan fingerprint density at radius 3 is 2.67 bits per heavy atom. The van der Waals surface area contributed by atoms with E-state index in [1.807, 2.05) is 6.08 Å². The molecular weight excluding hydrogens is 170 g/mol. The molecule has 0 heterocycles. The molecule has 0 aromatic carbocycles. The van der Waals surface area contributed by atoms with Gasteiger partial charge in [0.2, 0.25) is 0 Å². The minimum Gasteiger partial charge on any atom is -0.377 e. The van der Waals surface area contributed by atoms with E-state index in [4.69, 9.17) is 5.11 Å². The molecule has 0 aliphatic carbocycles. The fourth-order valence-electron chi connectivity index (χ4n) is 0.665. The molecule has 0 saturated carbocycles. The van der Waals surface area contributed by atoms with Gasteiger partial charge in [0.1, 0.15) is 6.73 Å². The Hall–Kier alpha value is -0.410. The molecular formula is C9H17NOS. The lowest BCUT2D eigenvalue weighted by atomic mass is 10.2. The van der Waals surface area contributed by atoms with Crippen molar-refractivity contribution in [1.82, 2.24) is 5.32 Å². The monoisotopic (exact) mass is 187 g/mol. The average Bonchev–Trinajstić information content (AvgIpc) is 2.05. The summed E-state index contributed by atoms with van der Waals surface area (Å²) in [5.74, 6) is 0.996. The maximum Gasteiger partial charge on any atom is 0.113 e. The topological polar surface area (TPSA) is 32.3 Å². The van der Waals surface area contributed by atoms with Gasteiger partial charge in [0, 0.05) is 0 Å². The molecule has 0 saturated heterocycles. The SMILES string of the molecule is C=C(/C=C(\NCO)SCC)CC. The van der Waals surface area contributed by atoms with Gasteiger partial charge in [-0.05, 0) is 18.2 Å². The van der Waals surface area contributed by atoms with E-state index in [0.29, 0.717) is 0 Å². The van der Waals surface area contributed by atoms with E-state index in [2.05, 4.69) is 25.7 Å². The predicted octanol–water partition coefficient (Wildman–Crippen LogP) is 2.09. The highest BCUT2D eigenvalue weighted by atomic mass is 32.2. The second-order valence-electron chi connectivity index (χ2n) is 2.29. The van der Waals surface area contributed by atoms with Crippen LogP contribution in [0.5, 0.6) is 0 Å². The predicted molar refractivity (Wildman–Crippen MR) is 55.9 cm³/mol. The number of nitrogens with one attached hydrogen (secondary N) is 1. The summed E-state index contributed by atoms with van der Waals surface area (Å²) < 4.78 is 0. The summed E-state index contributed by atoms with van der Waals surface area (Å²) in [4.78, 5) is 0. The lowest BCUT2D eigenvalue weighted by molar-refractivity contribution is 0.278. The van der Waals surface area contributed by atoms with Crippen molar-refractivity contribution >= 4 is 11.8 Å². The lowest BCUT2D eigenvalue weighted by Gasteiger charge is -2.06. The molecule has 0 aromatic heterocycles.